The molecule has 1 aliphatic carbocycles. The van der Waals surface area contributed by atoms with Gasteiger partial charge >= 0.3 is 0 Å². The molecule has 47 heavy (non-hydrogen) atoms. The van der Waals surface area contributed by atoms with Gasteiger partial charge in [0.1, 0.15) is 0 Å². The molecule has 0 radical (unpaired) electrons. The monoisotopic (exact) mass is 692 g/mol. The number of hydrogen-bond donors (Lipinski definition) is 1. The standard InChI is InChI=1S/C36H38Cl2N4O4S/c1-47(44,45)27-8-10-32-28(22-27)33(35(43)40-36(13-14-36)25-5-3-2-4-6-25)29(34(39-32)24-7-9-30(37)31(38)21-24)23-41-15-11-26(12-16-41)42-17-19-46-20-18-42/h2-10,21-22,26H,11-20,23H2,1H3,(H,40,43). The number of morpholine rings is 1. The number of nitrogens with one attached hydrogen (secondary N) is 1. The molecule has 7 rings (SSSR count). The average Bonchev–Trinajstić information content (AvgIpc) is 3.86. The maximum Gasteiger partial charge on any atom is 0.253 e. The number of hydrogen-bond acceptors (Lipinski definition) is 7. The van der Waals surface area contributed by atoms with Crippen LogP contribution in [0.25, 0.3) is 22.2 Å². The number of halogens is 2. The van der Waals surface area contributed by atoms with Gasteiger partial charge in [-0.15, -0.1) is 0 Å². The molecule has 0 unspecified atom stereocenters. The number of carbonyl (C=O) groups excluding carboxylic acids is 1. The van der Waals surface area contributed by atoms with E-state index >= 15 is 0 Å². The molecule has 246 valence electrons. The second-order valence-electron chi connectivity index (χ2n) is 13.0. The molecule has 3 aromatic carbocycles. The van der Waals surface area contributed by atoms with E-state index < -0.39 is 15.4 Å². The molecule has 1 aromatic heterocycles. The van der Waals surface area contributed by atoms with Gasteiger partial charge in [0.05, 0.1) is 50.5 Å². The van der Waals surface area contributed by atoms with Crippen molar-refractivity contribution in [3.8, 4) is 11.3 Å². The SMILES string of the molecule is CS(=O)(=O)c1ccc2nc(-c3ccc(Cl)c(Cl)c3)c(CN3CCC(N4CCOCC4)CC3)c(C(=O)NC3(c4ccccc4)CC3)c2c1. The predicted octanol–water partition coefficient (Wildman–Crippen LogP) is 6.33. The lowest BCUT2D eigenvalue weighted by atomic mass is 9.93. The summed E-state index contributed by atoms with van der Waals surface area (Å²) in [6.45, 7) is 5.65. The topological polar surface area (TPSA) is 91.8 Å². The van der Waals surface area contributed by atoms with Gasteiger partial charge in [0, 0.05) is 48.4 Å². The lowest BCUT2D eigenvalue weighted by molar-refractivity contribution is 0.000225. The fourth-order valence-electron chi connectivity index (χ4n) is 7.06. The third-order valence-electron chi connectivity index (χ3n) is 9.84. The third kappa shape index (κ3) is 6.80. The van der Waals surface area contributed by atoms with Gasteiger partial charge in [-0.1, -0.05) is 59.6 Å². The zero-order chi connectivity index (χ0) is 32.8. The van der Waals surface area contributed by atoms with Crippen molar-refractivity contribution in [2.75, 3.05) is 45.6 Å². The first kappa shape index (κ1) is 32.5. The summed E-state index contributed by atoms with van der Waals surface area (Å²) in [5.74, 6) is -0.246. The number of amides is 1. The summed E-state index contributed by atoms with van der Waals surface area (Å²) in [5, 5.41) is 4.71. The maximum absolute atomic E-state index is 14.7. The molecule has 1 amide bonds. The average molecular weight is 694 g/mol. The Morgan fingerprint density at radius 1 is 0.957 bits per heavy atom. The highest BCUT2D eigenvalue weighted by molar-refractivity contribution is 7.90. The molecule has 0 atom stereocenters. The van der Waals surface area contributed by atoms with Gasteiger partial charge in [0.2, 0.25) is 0 Å². The number of sulfone groups is 1. The predicted molar refractivity (Wildman–Crippen MR) is 186 cm³/mol. The zero-order valence-corrected chi connectivity index (χ0v) is 28.7. The van der Waals surface area contributed by atoms with E-state index in [1.165, 1.54) is 6.26 Å². The molecule has 0 bridgehead atoms. The summed E-state index contributed by atoms with van der Waals surface area (Å²) in [5.41, 5.74) is 3.67. The first-order chi connectivity index (χ1) is 22.6. The van der Waals surface area contributed by atoms with E-state index in [9.17, 15) is 13.2 Å². The molecule has 3 heterocycles. The van der Waals surface area contributed by atoms with Crippen LogP contribution in [-0.4, -0.2) is 80.8 Å². The van der Waals surface area contributed by atoms with E-state index in [4.69, 9.17) is 32.9 Å². The van der Waals surface area contributed by atoms with Crippen molar-refractivity contribution in [2.24, 2.45) is 0 Å². The smallest absolute Gasteiger partial charge is 0.253 e. The lowest BCUT2D eigenvalue weighted by Crippen LogP contribution is -2.48. The second-order valence-corrected chi connectivity index (χ2v) is 15.8. The van der Waals surface area contributed by atoms with Crippen molar-refractivity contribution in [1.82, 2.24) is 20.1 Å². The van der Waals surface area contributed by atoms with Gasteiger partial charge in [-0.2, -0.15) is 0 Å². The first-order valence-electron chi connectivity index (χ1n) is 16.2. The van der Waals surface area contributed by atoms with E-state index in [2.05, 4.69) is 15.1 Å². The molecular weight excluding hydrogens is 655 g/mol. The Labute approximate surface area is 285 Å². The van der Waals surface area contributed by atoms with Crippen molar-refractivity contribution in [3.05, 3.63) is 93.5 Å². The third-order valence-corrected chi connectivity index (χ3v) is 11.7. The Hall–Kier alpha value is -3.05. The lowest BCUT2D eigenvalue weighted by Gasteiger charge is -2.40. The van der Waals surface area contributed by atoms with Gasteiger partial charge in [-0.05, 0) is 74.7 Å². The second kappa shape index (κ2) is 13.1. The summed E-state index contributed by atoms with van der Waals surface area (Å²) < 4.78 is 31.0. The summed E-state index contributed by atoms with van der Waals surface area (Å²) in [6, 6.07) is 20.7. The Morgan fingerprint density at radius 3 is 2.34 bits per heavy atom. The number of benzene rings is 3. The molecule has 3 aliphatic rings. The van der Waals surface area contributed by atoms with E-state index in [1.54, 1.807) is 30.3 Å². The Kier molecular flexibility index (Phi) is 9.06. The molecule has 8 nitrogen and oxygen atoms in total. The van der Waals surface area contributed by atoms with Crippen LogP contribution in [0.15, 0.2) is 71.6 Å². The van der Waals surface area contributed by atoms with E-state index in [0.29, 0.717) is 44.8 Å². The van der Waals surface area contributed by atoms with Crippen molar-refractivity contribution >= 4 is 49.8 Å². The van der Waals surface area contributed by atoms with Crippen LogP contribution in [0, 0.1) is 0 Å². The fraction of sp³-hybridized carbons (Fsp3) is 0.389. The molecule has 1 saturated carbocycles. The van der Waals surface area contributed by atoms with Crippen LogP contribution in [0.4, 0.5) is 0 Å². The van der Waals surface area contributed by atoms with Crippen molar-refractivity contribution in [1.29, 1.82) is 0 Å². The molecule has 4 aromatic rings. The van der Waals surface area contributed by atoms with Crippen LogP contribution < -0.4 is 5.32 Å². The Balaban J connectivity index is 1.35. The fourth-order valence-corrected chi connectivity index (χ4v) is 8.01. The quantitative estimate of drug-likeness (QED) is 0.231. The van der Waals surface area contributed by atoms with E-state index in [0.717, 1.165) is 81.8 Å². The number of carbonyl (C=O) groups is 1. The van der Waals surface area contributed by atoms with Crippen LogP contribution in [0.3, 0.4) is 0 Å². The highest BCUT2D eigenvalue weighted by Crippen LogP contribution is 2.46. The number of piperidine rings is 1. The molecule has 2 aliphatic heterocycles. The van der Waals surface area contributed by atoms with E-state index in [1.807, 2.05) is 36.4 Å². The number of likely N-dealkylation sites (tertiary alicyclic amines) is 1. The highest BCUT2D eigenvalue weighted by Gasteiger charge is 2.46. The highest BCUT2D eigenvalue weighted by atomic mass is 35.5. The minimum absolute atomic E-state index is 0.143. The van der Waals surface area contributed by atoms with Crippen LogP contribution in [-0.2, 0) is 26.7 Å². The normalized spacial score (nSPS) is 19.1. The van der Waals surface area contributed by atoms with Crippen LogP contribution in [0.5, 0.6) is 0 Å². The van der Waals surface area contributed by atoms with Crippen molar-refractivity contribution < 1.29 is 17.9 Å². The van der Waals surface area contributed by atoms with Gasteiger partial charge in [0.15, 0.2) is 9.84 Å². The van der Waals surface area contributed by atoms with Crippen LogP contribution in [0.1, 0.15) is 47.2 Å². The number of fused-ring (bicyclic) bond motifs is 1. The number of rotatable bonds is 8. The van der Waals surface area contributed by atoms with Crippen LogP contribution >= 0.6 is 23.2 Å². The van der Waals surface area contributed by atoms with Crippen molar-refractivity contribution in [3.63, 3.8) is 0 Å². The summed E-state index contributed by atoms with van der Waals surface area (Å²) in [7, 11) is -3.55. The molecular formula is C36H38Cl2N4O4S. The zero-order valence-electron chi connectivity index (χ0n) is 26.3. The minimum atomic E-state index is -3.55. The molecule has 0 spiro atoms. The number of nitrogens with zero attached hydrogens (tertiary/aromatic N) is 3. The number of aromatic nitrogens is 1. The largest absolute Gasteiger partial charge is 0.379 e. The molecule has 11 heteroatoms. The Morgan fingerprint density at radius 2 is 1.68 bits per heavy atom. The van der Waals surface area contributed by atoms with Crippen molar-refractivity contribution in [2.45, 2.75) is 48.7 Å². The molecule has 1 N–H and O–H groups in total. The number of ether oxygens (including phenoxy) is 1. The summed E-state index contributed by atoms with van der Waals surface area (Å²) in [6.07, 6.45) is 4.86. The van der Waals surface area contributed by atoms with Gasteiger partial charge in [-0.25, -0.2) is 13.4 Å². The Bertz CT molecular complexity index is 1920. The summed E-state index contributed by atoms with van der Waals surface area (Å²) in [4.78, 5) is 24.8. The van der Waals surface area contributed by atoms with Gasteiger partial charge < -0.3 is 10.1 Å². The van der Waals surface area contributed by atoms with E-state index in [-0.39, 0.29) is 10.8 Å². The maximum atomic E-state index is 14.7. The van der Waals surface area contributed by atoms with Crippen LogP contribution in [0.2, 0.25) is 10.0 Å². The van der Waals surface area contributed by atoms with Gasteiger partial charge in [-0.3, -0.25) is 14.6 Å². The number of pyridine rings is 1. The van der Waals surface area contributed by atoms with Gasteiger partial charge in [0.25, 0.3) is 5.91 Å². The first-order valence-corrected chi connectivity index (χ1v) is 18.8. The minimum Gasteiger partial charge on any atom is -0.379 e. The summed E-state index contributed by atoms with van der Waals surface area (Å²) >= 11 is 12.8. The molecule has 2 saturated heterocycles. The molecule has 3 fully saturated rings.